The van der Waals surface area contributed by atoms with Crippen molar-refractivity contribution in [3.05, 3.63) is 71.3 Å². The number of hydrogen-bond acceptors (Lipinski definition) is 6. The fourth-order valence-electron chi connectivity index (χ4n) is 5.22. The molecule has 5 rings (SSSR count). The van der Waals surface area contributed by atoms with E-state index in [1.54, 1.807) is 19.2 Å². The van der Waals surface area contributed by atoms with Crippen molar-refractivity contribution in [1.29, 1.82) is 0 Å². The molecule has 174 valence electrons. The van der Waals surface area contributed by atoms with Gasteiger partial charge in [0.1, 0.15) is 11.6 Å². The van der Waals surface area contributed by atoms with Crippen LogP contribution in [-0.2, 0) is 6.54 Å². The van der Waals surface area contributed by atoms with E-state index < -0.39 is 0 Å². The minimum Gasteiger partial charge on any atom is -0.497 e. The SMILES string of the molecule is COc1ccc(C(c2nnnn2Cc2ccc(F)cc2)N2CCN(C3CCCC3)CC2)cc1. The predicted octanol–water partition coefficient (Wildman–Crippen LogP) is 3.52. The number of piperazine rings is 1. The number of tetrazole rings is 1. The lowest BCUT2D eigenvalue weighted by atomic mass is 10.0. The molecule has 1 saturated heterocycles. The zero-order valence-electron chi connectivity index (χ0n) is 19.1. The van der Waals surface area contributed by atoms with Gasteiger partial charge in [0.2, 0.25) is 0 Å². The molecule has 7 nitrogen and oxygen atoms in total. The number of aromatic nitrogens is 4. The summed E-state index contributed by atoms with van der Waals surface area (Å²) >= 11 is 0. The van der Waals surface area contributed by atoms with E-state index in [2.05, 4.69) is 37.5 Å². The van der Waals surface area contributed by atoms with Crippen molar-refractivity contribution in [1.82, 2.24) is 30.0 Å². The molecule has 2 aromatic carbocycles. The van der Waals surface area contributed by atoms with Gasteiger partial charge in [0, 0.05) is 32.2 Å². The number of methoxy groups -OCH3 is 1. The van der Waals surface area contributed by atoms with Crippen LogP contribution < -0.4 is 4.74 Å². The zero-order chi connectivity index (χ0) is 22.6. The lowest BCUT2D eigenvalue weighted by molar-refractivity contribution is 0.0771. The molecule has 1 saturated carbocycles. The Kier molecular flexibility index (Phi) is 6.64. The Balaban J connectivity index is 1.41. The fourth-order valence-corrected chi connectivity index (χ4v) is 5.22. The molecule has 2 fully saturated rings. The fraction of sp³-hybridized carbons (Fsp3) is 0.480. The maximum atomic E-state index is 13.4. The van der Waals surface area contributed by atoms with Gasteiger partial charge in [-0.2, -0.15) is 0 Å². The minimum absolute atomic E-state index is 0.0583. The molecule has 1 unspecified atom stereocenters. The number of nitrogens with zero attached hydrogens (tertiary/aromatic N) is 6. The standard InChI is InChI=1S/C25H31FN6O/c1-33-23-12-8-20(9-13-23)24(31-16-14-30(15-17-31)22-4-2-3-5-22)25-27-28-29-32(25)18-19-6-10-21(26)11-7-19/h6-13,22,24H,2-5,14-18H2,1H3. The van der Waals surface area contributed by atoms with Crippen LogP contribution >= 0.6 is 0 Å². The molecule has 2 aliphatic rings. The lowest BCUT2D eigenvalue weighted by Gasteiger charge is -2.41. The molecule has 0 radical (unpaired) electrons. The summed E-state index contributed by atoms with van der Waals surface area (Å²) in [5.41, 5.74) is 2.10. The summed E-state index contributed by atoms with van der Waals surface area (Å²) in [7, 11) is 1.68. The van der Waals surface area contributed by atoms with Crippen LogP contribution in [0.2, 0.25) is 0 Å². The maximum Gasteiger partial charge on any atom is 0.173 e. The van der Waals surface area contributed by atoms with E-state index in [4.69, 9.17) is 4.74 Å². The normalized spacial score (nSPS) is 19.1. The molecule has 33 heavy (non-hydrogen) atoms. The van der Waals surface area contributed by atoms with Gasteiger partial charge in [-0.15, -0.1) is 5.10 Å². The first-order valence-electron chi connectivity index (χ1n) is 11.8. The zero-order valence-corrected chi connectivity index (χ0v) is 19.1. The van der Waals surface area contributed by atoms with Gasteiger partial charge in [-0.25, -0.2) is 9.07 Å². The summed E-state index contributed by atoms with van der Waals surface area (Å²) in [4.78, 5) is 5.15. The quantitative estimate of drug-likeness (QED) is 0.549. The Bertz CT molecular complexity index is 1020. The van der Waals surface area contributed by atoms with Crippen LogP contribution in [0.3, 0.4) is 0 Å². The summed E-state index contributed by atoms with van der Waals surface area (Å²) in [5.74, 6) is 1.39. The average Bonchev–Trinajstić information content (AvgIpc) is 3.55. The van der Waals surface area contributed by atoms with Crippen molar-refractivity contribution in [2.45, 2.75) is 44.3 Å². The van der Waals surface area contributed by atoms with Crippen LogP contribution in [-0.4, -0.2) is 69.3 Å². The molecule has 3 aromatic rings. The third kappa shape index (κ3) is 4.91. The number of halogens is 1. The largest absolute Gasteiger partial charge is 0.497 e. The second kappa shape index (κ2) is 9.97. The van der Waals surface area contributed by atoms with E-state index in [9.17, 15) is 4.39 Å². The van der Waals surface area contributed by atoms with Crippen LogP contribution in [0, 0.1) is 5.82 Å². The van der Waals surface area contributed by atoms with Crippen molar-refractivity contribution in [3.63, 3.8) is 0 Å². The molecule has 0 N–H and O–H groups in total. The number of benzene rings is 2. The van der Waals surface area contributed by atoms with Crippen LogP contribution in [0.15, 0.2) is 48.5 Å². The molecule has 8 heteroatoms. The number of ether oxygens (including phenoxy) is 1. The van der Waals surface area contributed by atoms with Gasteiger partial charge in [-0.05, 0) is 58.7 Å². The van der Waals surface area contributed by atoms with Crippen LogP contribution in [0.5, 0.6) is 5.75 Å². The Morgan fingerprint density at radius 3 is 2.33 bits per heavy atom. The highest BCUT2D eigenvalue weighted by molar-refractivity contribution is 5.32. The highest BCUT2D eigenvalue weighted by atomic mass is 19.1. The van der Waals surface area contributed by atoms with Gasteiger partial charge in [0.15, 0.2) is 5.82 Å². The van der Waals surface area contributed by atoms with Crippen LogP contribution in [0.1, 0.15) is 48.7 Å². The third-order valence-electron chi connectivity index (χ3n) is 7.04. The smallest absolute Gasteiger partial charge is 0.173 e. The van der Waals surface area contributed by atoms with Gasteiger partial charge in [-0.3, -0.25) is 9.80 Å². The third-order valence-corrected chi connectivity index (χ3v) is 7.04. The molecular weight excluding hydrogens is 419 g/mol. The second-order valence-electron chi connectivity index (χ2n) is 9.01. The van der Waals surface area contributed by atoms with Gasteiger partial charge in [-0.1, -0.05) is 37.1 Å². The molecule has 1 aromatic heterocycles. The summed E-state index contributed by atoms with van der Waals surface area (Å²) in [6, 6.07) is 15.4. The predicted molar refractivity (Wildman–Crippen MR) is 124 cm³/mol. The maximum absolute atomic E-state index is 13.4. The number of rotatable bonds is 7. The van der Waals surface area contributed by atoms with Gasteiger partial charge < -0.3 is 4.74 Å². The minimum atomic E-state index is -0.244. The summed E-state index contributed by atoms with van der Waals surface area (Å²) < 4.78 is 20.6. The molecule has 1 aliphatic heterocycles. The topological polar surface area (TPSA) is 59.3 Å². The summed E-state index contributed by atoms with van der Waals surface area (Å²) in [6.45, 7) is 4.57. The molecule has 0 bridgehead atoms. The Morgan fingerprint density at radius 1 is 0.970 bits per heavy atom. The van der Waals surface area contributed by atoms with Crippen molar-refractivity contribution in [2.75, 3.05) is 33.3 Å². The van der Waals surface area contributed by atoms with Crippen LogP contribution in [0.25, 0.3) is 0 Å². The van der Waals surface area contributed by atoms with Crippen molar-refractivity contribution in [2.24, 2.45) is 0 Å². The number of hydrogen-bond donors (Lipinski definition) is 0. The van der Waals surface area contributed by atoms with Crippen molar-refractivity contribution >= 4 is 0 Å². The van der Waals surface area contributed by atoms with E-state index >= 15 is 0 Å². The molecular formula is C25H31FN6O. The Hall–Kier alpha value is -2.84. The highest BCUT2D eigenvalue weighted by Crippen LogP contribution is 2.31. The molecule has 2 heterocycles. The Labute approximate surface area is 194 Å². The highest BCUT2D eigenvalue weighted by Gasteiger charge is 2.33. The first-order chi connectivity index (χ1) is 16.2. The monoisotopic (exact) mass is 450 g/mol. The molecule has 1 aliphatic carbocycles. The van der Waals surface area contributed by atoms with Gasteiger partial charge >= 0.3 is 0 Å². The van der Waals surface area contributed by atoms with E-state index in [1.807, 2.05) is 16.8 Å². The molecule has 1 atom stereocenters. The summed E-state index contributed by atoms with van der Waals surface area (Å²) in [6.07, 6.45) is 5.38. The van der Waals surface area contributed by atoms with E-state index in [0.29, 0.717) is 6.54 Å². The van der Waals surface area contributed by atoms with Crippen molar-refractivity contribution in [3.8, 4) is 5.75 Å². The average molecular weight is 451 g/mol. The lowest BCUT2D eigenvalue weighted by Crippen LogP contribution is -2.51. The summed E-state index contributed by atoms with van der Waals surface area (Å²) in [5, 5.41) is 12.8. The first-order valence-corrected chi connectivity index (χ1v) is 11.8. The molecule has 0 spiro atoms. The van der Waals surface area contributed by atoms with Gasteiger partial charge in [0.25, 0.3) is 0 Å². The van der Waals surface area contributed by atoms with E-state index in [0.717, 1.165) is 54.9 Å². The Morgan fingerprint density at radius 2 is 1.67 bits per heavy atom. The first kappa shape index (κ1) is 22.0. The molecule has 0 amide bonds. The van der Waals surface area contributed by atoms with Crippen LogP contribution in [0.4, 0.5) is 4.39 Å². The van der Waals surface area contributed by atoms with Crippen molar-refractivity contribution < 1.29 is 9.13 Å². The van der Waals surface area contributed by atoms with E-state index in [-0.39, 0.29) is 11.9 Å². The second-order valence-corrected chi connectivity index (χ2v) is 9.01. The van der Waals surface area contributed by atoms with Gasteiger partial charge in [0.05, 0.1) is 19.7 Å². The van der Waals surface area contributed by atoms with E-state index in [1.165, 1.54) is 37.8 Å².